The maximum absolute atomic E-state index is 10.4. The summed E-state index contributed by atoms with van der Waals surface area (Å²) in [4.78, 5) is 10.4. The lowest BCUT2D eigenvalue weighted by Crippen LogP contribution is -2.24. The van der Waals surface area contributed by atoms with Gasteiger partial charge in [-0.1, -0.05) is 64.0 Å². The zero-order valence-corrected chi connectivity index (χ0v) is 14.4. The average Bonchev–Trinajstić information content (AvgIpc) is 2.51. The molecule has 0 bridgehead atoms. The third-order valence-corrected chi connectivity index (χ3v) is 3.92. The highest BCUT2D eigenvalue weighted by molar-refractivity contribution is 5.66. The van der Waals surface area contributed by atoms with E-state index in [1.165, 1.54) is 44.3 Å². The van der Waals surface area contributed by atoms with Gasteiger partial charge >= 0.3 is 5.97 Å². The molecule has 3 atom stereocenters. The molecule has 0 unspecified atom stereocenters. The van der Waals surface area contributed by atoms with Gasteiger partial charge in [0.1, 0.15) is 0 Å². The van der Waals surface area contributed by atoms with Crippen LogP contribution in [0.5, 0.6) is 0 Å². The quantitative estimate of drug-likeness (QED) is 0.273. The van der Waals surface area contributed by atoms with Gasteiger partial charge in [-0.05, 0) is 19.3 Å². The SMILES string of the molecule is CCCCCCCCC[C@@H](O)/C=C/[C@H](O)[C@@H](O)CCCC(=O)O. The monoisotopic (exact) mass is 330 g/mol. The molecule has 0 aliphatic rings. The number of aliphatic carboxylic acids is 1. The summed E-state index contributed by atoms with van der Waals surface area (Å²) in [5.41, 5.74) is 0. The van der Waals surface area contributed by atoms with Gasteiger partial charge in [0, 0.05) is 6.42 Å². The predicted octanol–water partition coefficient (Wildman–Crippen LogP) is 3.02. The van der Waals surface area contributed by atoms with E-state index in [4.69, 9.17) is 5.11 Å². The average molecular weight is 330 g/mol. The zero-order chi connectivity index (χ0) is 17.5. The molecule has 0 heterocycles. The molecule has 0 saturated carbocycles. The van der Waals surface area contributed by atoms with Gasteiger partial charge in [0.05, 0.1) is 18.3 Å². The number of rotatable bonds is 15. The van der Waals surface area contributed by atoms with E-state index in [1.54, 1.807) is 0 Å². The van der Waals surface area contributed by atoms with Crippen molar-refractivity contribution >= 4 is 5.97 Å². The molecule has 0 aromatic heterocycles. The van der Waals surface area contributed by atoms with Crippen LogP contribution in [-0.4, -0.2) is 44.7 Å². The Hall–Kier alpha value is -0.910. The molecule has 0 rings (SSSR count). The lowest BCUT2D eigenvalue weighted by molar-refractivity contribution is -0.137. The van der Waals surface area contributed by atoms with Crippen molar-refractivity contribution in [2.75, 3.05) is 0 Å². The number of carboxylic acids is 1. The molecule has 0 saturated heterocycles. The van der Waals surface area contributed by atoms with E-state index < -0.39 is 24.3 Å². The highest BCUT2D eigenvalue weighted by atomic mass is 16.4. The second kappa shape index (κ2) is 14.7. The van der Waals surface area contributed by atoms with Crippen molar-refractivity contribution in [1.29, 1.82) is 0 Å². The minimum absolute atomic E-state index is 0.0195. The lowest BCUT2D eigenvalue weighted by Gasteiger charge is -2.14. The molecular formula is C18H34O5. The van der Waals surface area contributed by atoms with Crippen LogP contribution >= 0.6 is 0 Å². The van der Waals surface area contributed by atoms with Crippen molar-refractivity contribution in [3.8, 4) is 0 Å². The van der Waals surface area contributed by atoms with Gasteiger partial charge < -0.3 is 20.4 Å². The summed E-state index contributed by atoms with van der Waals surface area (Å²) >= 11 is 0. The smallest absolute Gasteiger partial charge is 0.303 e. The third-order valence-electron chi connectivity index (χ3n) is 3.92. The van der Waals surface area contributed by atoms with E-state index >= 15 is 0 Å². The Morgan fingerprint density at radius 2 is 1.48 bits per heavy atom. The van der Waals surface area contributed by atoms with Gasteiger partial charge in [0.25, 0.3) is 0 Å². The summed E-state index contributed by atoms with van der Waals surface area (Å²) in [6, 6.07) is 0. The normalized spacial score (nSPS) is 15.7. The van der Waals surface area contributed by atoms with Crippen molar-refractivity contribution < 1.29 is 25.2 Å². The van der Waals surface area contributed by atoms with E-state index in [0.29, 0.717) is 12.8 Å². The van der Waals surface area contributed by atoms with Crippen molar-refractivity contribution in [3.63, 3.8) is 0 Å². The first-order valence-electron chi connectivity index (χ1n) is 8.91. The van der Waals surface area contributed by atoms with Gasteiger partial charge in [0.2, 0.25) is 0 Å². The fourth-order valence-electron chi connectivity index (χ4n) is 2.41. The molecule has 0 aromatic carbocycles. The minimum Gasteiger partial charge on any atom is -0.481 e. The molecule has 0 aliphatic heterocycles. The van der Waals surface area contributed by atoms with Crippen LogP contribution in [-0.2, 0) is 4.79 Å². The Morgan fingerprint density at radius 1 is 0.870 bits per heavy atom. The molecule has 0 amide bonds. The van der Waals surface area contributed by atoms with E-state index in [0.717, 1.165) is 12.8 Å². The molecule has 23 heavy (non-hydrogen) atoms. The van der Waals surface area contributed by atoms with Crippen LogP contribution in [0.4, 0.5) is 0 Å². The summed E-state index contributed by atoms with van der Waals surface area (Å²) < 4.78 is 0. The van der Waals surface area contributed by atoms with Crippen LogP contribution in [0.1, 0.15) is 77.6 Å². The van der Waals surface area contributed by atoms with Crippen molar-refractivity contribution in [2.45, 2.75) is 95.9 Å². The Morgan fingerprint density at radius 3 is 2.09 bits per heavy atom. The first-order valence-corrected chi connectivity index (χ1v) is 8.91. The molecular weight excluding hydrogens is 296 g/mol. The molecule has 5 heteroatoms. The fraction of sp³-hybridized carbons (Fsp3) is 0.833. The molecule has 0 aromatic rings. The van der Waals surface area contributed by atoms with Crippen molar-refractivity contribution in [2.24, 2.45) is 0 Å². The molecule has 0 aliphatic carbocycles. The van der Waals surface area contributed by atoms with Gasteiger partial charge in [-0.25, -0.2) is 0 Å². The number of carboxylic acid groups (broad SMARTS) is 1. The topological polar surface area (TPSA) is 98.0 Å². The standard InChI is InChI=1S/C18H34O5/c1-2-3-4-5-6-7-8-10-15(19)13-14-17(21)16(20)11-9-12-18(22)23/h13-17,19-21H,2-12H2,1H3,(H,22,23)/b14-13+/t15-,16+,17+/m1/s1. The highest BCUT2D eigenvalue weighted by Gasteiger charge is 2.14. The van der Waals surface area contributed by atoms with Crippen LogP contribution in [0, 0.1) is 0 Å². The number of aliphatic hydroxyl groups excluding tert-OH is 3. The second-order valence-corrected chi connectivity index (χ2v) is 6.21. The van der Waals surface area contributed by atoms with Gasteiger partial charge in [-0.3, -0.25) is 4.79 Å². The first-order chi connectivity index (χ1) is 11.0. The number of aliphatic hydroxyl groups is 3. The minimum atomic E-state index is -1.06. The maximum atomic E-state index is 10.4. The van der Waals surface area contributed by atoms with Gasteiger partial charge in [-0.2, -0.15) is 0 Å². The van der Waals surface area contributed by atoms with Crippen LogP contribution < -0.4 is 0 Å². The largest absolute Gasteiger partial charge is 0.481 e. The van der Waals surface area contributed by atoms with Crippen LogP contribution in [0.2, 0.25) is 0 Å². The summed E-state index contributed by atoms with van der Waals surface area (Å²) in [5.74, 6) is -0.910. The van der Waals surface area contributed by atoms with E-state index in [-0.39, 0.29) is 12.8 Å². The molecule has 0 fully saturated rings. The number of carbonyl (C=O) groups is 1. The summed E-state index contributed by atoms with van der Waals surface area (Å²) in [6.07, 6.45) is 9.77. The molecule has 136 valence electrons. The lowest BCUT2D eigenvalue weighted by atomic mass is 10.0. The number of hydrogen-bond acceptors (Lipinski definition) is 4. The summed E-state index contributed by atoms with van der Waals surface area (Å²) in [7, 11) is 0. The molecule has 5 nitrogen and oxygen atoms in total. The Kier molecular flexibility index (Phi) is 14.1. The summed E-state index contributed by atoms with van der Waals surface area (Å²) in [5, 5.41) is 37.7. The zero-order valence-electron chi connectivity index (χ0n) is 14.4. The van der Waals surface area contributed by atoms with Crippen LogP contribution in [0.3, 0.4) is 0 Å². The van der Waals surface area contributed by atoms with Crippen LogP contribution in [0.15, 0.2) is 12.2 Å². The Balaban J connectivity index is 3.71. The predicted molar refractivity (Wildman–Crippen MR) is 91.3 cm³/mol. The van der Waals surface area contributed by atoms with Gasteiger partial charge in [0.15, 0.2) is 0 Å². The highest BCUT2D eigenvalue weighted by Crippen LogP contribution is 2.11. The Labute approximate surface area is 140 Å². The maximum Gasteiger partial charge on any atom is 0.303 e. The van der Waals surface area contributed by atoms with E-state index in [1.807, 2.05) is 0 Å². The van der Waals surface area contributed by atoms with Crippen molar-refractivity contribution in [1.82, 2.24) is 0 Å². The second-order valence-electron chi connectivity index (χ2n) is 6.21. The fourth-order valence-corrected chi connectivity index (χ4v) is 2.41. The first kappa shape index (κ1) is 22.1. The Bertz CT molecular complexity index is 317. The molecule has 4 N–H and O–H groups in total. The number of unbranched alkanes of at least 4 members (excludes halogenated alkanes) is 6. The van der Waals surface area contributed by atoms with E-state index in [9.17, 15) is 20.1 Å². The summed E-state index contributed by atoms with van der Waals surface area (Å²) in [6.45, 7) is 2.19. The van der Waals surface area contributed by atoms with Crippen LogP contribution in [0.25, 0.3) is 0 Å². The third kappa shape index (κ3) is 14.4. The molecule has 0 spiro atoms. The molecule has 0 radical (unpaired) electrons. The van der Waals surface area contributed by atoms with Gasteiger partial charge in [-0.15, -0.1) is 0 Å². The van der Waals surface area contributed by atoms with Crippen molar-refractivity contribution in [3.05, 3.63) is 12.2 Å². The number of hydrogen-bond donors (Lipinski definition) is 4. The van der Waals surface area contributed by atoms with E-state index in [2.05, 4.69) is 6.92 Å².